The topological polar surface area (TPSA) is 40.5 Å². The molecule has 1 aromatic carbocycles. The molecule has 0 aliphatic carbocycles. The lowest BCUT2D eigenvalue weighted by Gasteiger charge is -2.25. The van der Waals surface area contributed by atoms with Gasteiger partial charge in [-0.25, -0.2) is 0 Å². The second-order valence-electron chi connectivity index (χ2n) is 3.69. The van der Waals surface area contributed by atoms with Crippen LogP contribution in [0.25, 0.3) is 0 Å². The van der Waals surface area contributed by atoms with Crippen molar-refractivity contribution in [1.29, 1.82) is 0 Å². The minimum atomic E-state index is -0.935. The summed E-state index contributed by atoms with van der Waals surface area (Å²) >= 11 is 0. The largest absolute Gasteiger partial charge is 0.393 e. The number of hydrogen-bond donors (Lipinski definition) is 2. The molecule has 0 amide bonds. The Bertz CT molecular complexity index is 252. The summed E-state index contributed by atoms with van der Waals surface area (Å²) in [6.07, 6.45) is -0.132. The van der Waals surface area contributed by atoms with Crippen LogP contribution in [-0.2, 0) is 5.60 Å². The van der Waals surface area contributed by atoms with E-state index in [0.717, 1.165) is 5.56 Å². The van der Waals surface area contributed by atoms with E-state index in [0.29, 0.717) is 6.42 Å². The Morgan fingerprint density at radius 3 is 2.31 bits per heavy atom. The zero-order valence-corrected chi connectivity index (χ0v) is 8.07. The molecule has 0 bridgehead atoms. The molecule has 0 aliphatic heterocycles. The highest BCUT2D eigenvalue weighted by Crippen LogP contribution is 2.25. The van der Waals surface area contributed by atoms with Gasteiger partial charge in [-0.2, -0.15) is 0 Å². The van der Waals surface area contributed by atoms with Crippen LogP contribution in [0.1, 0.15) is 25.8 Å². The molecule has 2 N–H and O–H groups in total. The quantitative estimate of drug-likeness (QED) is 0.742. The van der Waals surface area contributed by atoms with Crippen molar-refractivity contribution in [3.8, 4) is 0 Å². The summed E-state index contributed by atoms with van der Waals surface area (Å²) < 4.78 is 0. The molecule has 0 heterocycles. The Kier molecular flexibility index (Phi) is 3.07. The maximum atomic E-state index is 10.00. The van der Waals surface area contributed by atoms with E-state index < -0.39 is 11.7 Å². The van der Waals surface area contributed by atoms with Gasteiger partial charge in [-0.15, -0.1) is 0 Å². The van der Waals surface area contributed by atoms with Gasteiger partial charge in [0.1, 0.15) is 0 Å². The minimum absolute atomic E-state index is 0.358. The van der Waals surface area contributed by atoms with E-state index in [4.69, 9.17) is 0 Å². The van der Waals surface area contributed by atoms with Gasteiger partial charge in [-0.05, 0) is 19.4 Å². The summed E-state index contributed by atoms with van der Waals surface area (Å²) in [5, 5.41) is 19.2. The van der Waals surface area contributed by atoms with Crippen LogP contribution in [0.3, 0.4) is 0 Å². The summed E-state index contributed by atoms with van der Waals surface area (Å²) in [6.45, 7) is 3.40. The third-order valence-electron chi connectivity index (χ3n) is 2.09. The molecular weight excluding hydrogens is 164 g/mol. The van der Waals surface area contributed by atoms with Crippen molar-refractivity contribution in [3.63, 3.8) is 0 Å². The molecule has 0 fully saturated rings. The van der Waals surface area contributed by atoms with Crippen LogP contribution in [0.4, 0.5) is 0 Å². The normalized spacial score (nSPS) is 17.8. The summed E-state index contributed by atoms with van der Waals surface area (Å²) in [7, 11) is 0. The Balaban J connectivity index is 2.81. The first-order chi connectivity index (χ1) is 6.02. The van der Waals surface area contributed by atoms with Crippen molar-refractivity contribution in [2.24, 2.45) is 0 Å². The van der Waals surface area contributed by atoms with E-state index in [1.807, 2.05) is 30.3 Å². The maximum Gasteiger partial charge on any atom is 0.0893 e. The molecule has 2 heteroatoms. The van der Waals surface area contributed by atoms with E-state index in [2.05, 4.69) is 0 Å². The van der Waals surface area contributed by atoms with Gasteiger partial charge in [0, 0.05) is 6.42 Å². The van der Waals surface area contributed by atoms with E-state index >= 15 is 0 Å². The molecule has 0 saturated carbocycles. The molecule has 0 aromatic heterocycles. The van der Waals surface area contributed by atoms with Gasteiger partial charge >= 0.3 is 0 Å². The fraction of sp³-hybridized carbons (Fsp3) is 0.455. The van der Waals surface area contributed by atoms with Crippen molar-refractivity contribution in [3.05, 3.63) is 35.9 Å². The van der Waals surface area contributed by atoms with Crippen LogP contribution in [0.2, 0.25) is 0 Å². The van der Waals surface area contributed by atoms with Crippen molar-refractivity contribution >= 4 is 0 Å². The Hall–Kier alpha value is -0.860. The third kappa shape index (κ3) is 2.83. The molecule has 0 spiro atoms. The van der Waals surface area contributed by atoms with E-state index in [-0.39, 0.29) is 0 Å². The van der Waals surface area contributed by atoms with Crippen molar-refractivity contribution in [2.75, 3.05) is 0 Å². The van der Waals surface area contributed by atoms with Crippen LogP contribution < -0.4 is 0 Å². The van der Waals surface area contributed by atoms with Gasteiger partial charge in [0.25, 0.3) is 0 Å². The average Bonchev–Trinajstić information content (AvgIpc) is 2.04. The number of aliphatic hydroxyl groups is 2. The van der Waals surface area contributed by atoms with Crippen molar-refractivity contribution in [1.82, 2.24) is 0 Å². The first-order valence-corrected chi connectivity index (χ1v) is 4.48. The van der Waals surface area contributed by atoms with Gasteiger partial charge in [0.15, 0.2) is 0 Å². The minimum Gasteiger partial charge on any atom is -0.393 e. The van der Waals surface area contributed by atoms with Crippen LogP contribution in [0.5, 0.6) is 0 Å². The predicted molar refractivity (Wildman–Crippen MR) is 52.3 cm³/mol. The maximum absolute atomic E-state index is 10.00. The van der Waals surface area contributed by atoms with Crippen molar-refractivity contribution in [2.45, 2.75) is 32.0 Å². The van der Waals surface area contributed by atoms with Crippen LogP contribution >= 0.6 is 0 Å². The van der Waals surface area contributed by atoms with E-state index in [1.54, 1.807) is 13.8 Å². The van der Waals surface area contributed by atoms with Crippen LogP contribution in [0.15, 0.2) is 30.3 Å². The molecule has 1 aromatic rings. The second-order valence-corrected chi connectivity index (χ2v) is 3.69. The van der Waals surface area contributed by atoms with E-state index in [9.17, 15) is 10.2 Å². The first kappa shape index (κ1) is 10.2. The lowest BCUT2D eigenvalue weighted by Crippen LogP contribution is -2.25. The zero-order valence-electron chi connectivity index (χ0n) is 8.07. The number of rotatable bonds is 3. The smallest absolute Gasteiger partial charge is 0.0893 e. The Morgan fingerprint density at radius 2 is 1.85 bits per heavy atom. The van der Waals surface area contributed by atoms with Gasteiger partial charge in [-0.3, -0.25) is 0 Å². The molecule has 2 unspecified atom stereocenters. The highest BCUT2D eigenvalue weighted by atomic mass is 16.3. The molecule has 1 rings (SSSR count). The first-order valence-electron chi connectivity index (χ1n) is 4.48. The summed E-state index contributed by atoms with van der Waals surface area (Å²) in [5.41, 5.74) is -0.0917. The van der Waals surface area contributed by atoms with Gasteiger partial charge in [0.05, 0.1) is 11.7 Å². The van der Waals surface area contributed by atoms with Gasteiger partial charge in [0.2, 0.25) is 0 Å². The molecule has 2 nitrogen and oxygen atoms in total. The van der Waals surface area contributed by atoms with Crippen LogP contribution in [0, 0.1) is 0 Å². The summed E-state index contributed by atoms with van der Waals surface area (Å²) in [5.74, 6) is 0. The number of benzene rings is 1. The molecule has 0 radical (unpaired) electrons. The molecule has 0 aliphatic rings. The Morgan fingerprint density at radius 1 is 1.31 bits per heavy atom. The standard InChI is InChI=1S/C11H16O2/c1-9(12)8-11(2,13)10-6-4-3-5-7-10/h3-7,9,12-13H,8H2,1-2H3. The fourth-order valence-electron chi connectivity index (χ4n) is 1.49. The number of aliphatic hydroxyl groups excluding tert-OH is 1. The monoisotopic (exact) mass is 180 g/mol. The summed E-state index contributed by atoms with van der Waals surface area (Å²) in [4.78, 5) is 0. The highest BCUT2D eigenvalue weighted by molar-refractivity contribution is 5.21. The van der Waals surface area contributed by atoms with Gasteiger partial charge in [-0.1, -0.05) is 30.3 Å². The molecule has 2 atom stereocenters. The van der Waals surface area contributed by atoms with Crippen LogP contribution in [-0.4, -0.2) is 16.3 Å². The zero-order chi connectivity index (χ0) is 9.90. The second kappa shape index (κ2) is 3.90. The highest BCUT2D eigenvalue weighted by Gasteiger charge is 2.24. The van der Waals surface area contributed by atoms with Crippen molar-refractivity contribution < 1.29 is 10.2 Å². The van der Waals surface area contributed by atoms with E-state index in [1.165, 1.54) is 0 Å². The molecule has 72 valence electrons. The lowest BCUT2D eigenvalue weighted by molar-refractivity contribution is 0.00565. The van der Waals surface area contributed by atoms with Gasteiger partial charge < -0.3 is 10.2 Å². The predicted octanol–water partition coefficient (Wildman–Crippen LogP) is 1.66. The Labute approximate surface area is 78.8 Å². The SMILES string of the molecule is CC(O)CC(C)(O)c1ccccc1. The molecular formula is C11H16O2. The molecule has 0 saturated heterocycles. The third-order valence-corrected chi connectivity index (χ3v) is 2.09. The fourth-order valence-corrected chi connectivity index (χ4v) is 1.49. The summed E-state index contributed by atoms with van der Waals surface area (Å²) in [6, 6.07) is 9.39. The number of hydrogen-bond acceptors (Lipinski definition) is 2. The lowest BCUT2D eigenvalue weighted by atomic mass is 9.90. The molecule has 13 heavy (non-hydrogen) atoms. The average molecular weight is 180 g/mol.